The second kappa shape index (κ2) is 9.10. The molecule has 0 N–H and O–H groups in total. The predicted octanol–water partition coefficient (Wildman–Crippen LogP) is 6.37. The first-order chi connectivity index (χ1) is 13.0. The molecule has 28 heavy (non-hydrogen) atoms. The molecule has 1 aromatic heterocycles. The van der Waals surface area contributed by atoms with E-state index in [1.54, 1.807) is 12.1 Å². The van der Waals surface area contributed by atoms with Crippen LogP contribution in [-0.4, -0.2) is 24.7 Å². The molecule has 0 atom stereocenters. The number of rotatable bonds is 8. The highest BCUT2D eigenvalue weighted by atomic mass is 35.5. The molecule has 0 unspecified atom stereocenters. The van der Waals surface area contributed by atoms with E-state index in [-0.39, 0.29) is 11.5 Å². The van der Waals surface area contributed by atoms with Gasteiger partial charge >= 0.3 is 0 Å². The summed E-state index contributed by atoms with van der Waals surface area (Å²) in [5, 5.41) is 5.96. The molecule has 0 saturated carbocycles. The zero-order chi connectivity index (χ0) is 21.2. The molecule has 0 radical (unpaired) electrons. The minimum atomic E-state index is -1.95. The smallest absolute Gasteiger partial charge is 0.211 e. The van der Waals surface area contributed by atoms with Crippen molar-refractivity contribution in [3.63, 3.8) is 0 Å². The molecule has 2 aromatic rings. The van der Waals surface area contributed by atoms with Crippen LogP contribution in [0.3, 0.4) is 0 Å². The Morgan fingerprint density at radius 1 is 1.04 bits per heavy atom. The fraction of sp³-hybridized carbons (Fsp3) is 0.636. The van der Waals surface area contributed by atoms with Crippen LogP contribution in [0.1, 0.15) is 67.1 Å². The third-order valence-electron chi connectivity index (χ3n) is 5.83. The van der Waals surface area contributed by atoms with Crippen molar-refractivity contribution < 1.29 is 4.43 Å². The van der Waals surface area contributed by atoms with Crippen LogP contribution >= 0.6 is 11.6 Å². The average Bonchev–Trinajstić information content (AvgIpc) is 2.58. The number of hydrogen-bond acceptors (Lipinski definition) is 3. The summed E-state index contributed by atoms with van der Waals surface area (Å²) >= 11 is 6.15. The van der Waals surface area contributed by atoms with Gasteiger partial charge in [0.05, 0.1) is 5.52 Å². The summed E-state index contributed by atoms with van der Waals surface area (Å²) in [4.78, 5) is 13.0. The first-order valence-corrected chi connectivity index (χ1v) is 12.9. The summed E-state index contributed by atoms with van der Waals surface area (Å²) < 4.78 is 8.53. The Balaban J connectivity index is 2.38. The predicted molar refractivity (Wildman–Crippen MR) is 122 cm³/mol. The summed E-state index contributed by atoms with van der Waals surface area (Å²) in [7, 11) is -1.95. The van der Waals surface area contributed by atoms with Crippen LogP contribution < -0.4 is 5.43 Å². The molecule has 4 nitrogen and oxygen atoms in total. The maximum absolute atomic E-state index is 13.0. The molecule has 1 aromatic carbocycles. The number of halogens is 1. The van der Waals surface area contributed by atoms with E-state index in [2.05, 4.69) is 60.5 Å². The Labute approximate surface area is 175 Å². The third-order valence-corrected chi connectivity index (χ3v) is 12.2. The van der Waals surface area contributed by atoms with Crippen LogP contribution in [0.4, 0.5) is 0 Å². The zero-order valence-corrected chi connectivity index (χ0v) is 20.3. The highest BCUT2D eigenvalue weighted by Gasteiger charge is 2.44. The van der Waals surface area contributed by atoms with E-state index >= 15 is 0 Å². The first-order valence-electron chi connectivity index (χ1n) is 10.4. The number of benzene rings is 1. The van der Waals surface area contributed by atoms with Gasteiger partial charge in [-0.05, 0) is 48.7 Å². The minimum absolute atomic E-state index is 0.0157. The number of nitrogens with zero attached hydrogens (tertiary/aromatic N) is 2. The monoisotopic (exact) mass is 422 g/mol. The molecule has 0 saturated heterocycles. The fourth-order valence-electron chi connectivity index (χ4n) is 4.65. The Morgan fingerprint density at radius 2 is 1.61 bits per heavy atom. The van der Waals surface area contributed by atoms with Gasteiger partial charge in [-0.3, -0.25) is 9.48 Å². The molecule has 0 amide bonds. The highest BCUT2D eigenvalue weighted by molar-refractivity contribution is 6.77. The molecule has 0 bridgehead atoms. The summed E-state index contributed by atoms with van der Waals surface area (Å²) in [6.07, 6.45) is 0.533. The van der Waals surface area contributed by atoms with E-state index in [1.165, 1.54) is 0 Å². The lowest BCUT2D eigenvalue weighted by atomic mass is 10.1. The van der Waals surface area contributed by atoms with Crippen LogP contribution in [-0.2, 0) is 10.8 Å². The van der Waals surface area contributed by atoms with Gasteiger partial charge in [-0.1, -0.05) is 53.1 Å². The van der Waals surface area contributed by atoms with E-state index in [1.807, 2.05) is 10.7 Å². The maximum Gasteiger partial charge on any atom is 0.211 e. The first kappa shape index (κ1) is 23.1. The Kier molecular flexibility index (Phi) is 7.51. The number of hydrogen-bond donors (Lipinski definition) is 0. The topological polar surface area (TPSA) is 44.1 Å². The highest BCUT2D eigenvalue weighted by Crippen LogP contribution is 2.42. The Hall–Kier alpha value is -1.17. The molecular weight excluding hydrogens is 388 g/mol. The number of aromatic nitrogens is 2. The van der Waals surface area contributed by atoms with E-state index in [0.29, 0.717) is 45.8 Å². The summed E-state index contributed by atoms with van der Waals surface area (Å²) in [5.41, 5.74) is 2.90. The SMILES string of the molecule is CC(C)n1nc(CCO[Si](C(C)C)(C(C)C)C(C)C)c(=O)c2ccc(Cl)cc21. The Morgan fingerprint density at radius 3 is 2.11 bits per heavy atom. The van der Waals surface area contributed by atoms with Crippen molar-refractivity contribution in [3.05, 3.63) is 39.1 Å². The lowest BCUT2D eigenvalue weighted by Crippen LogP contribution is -2.48. The largest absolute Gasteiger partial charge is 0.416 e. The summed E-state index contributed by atoms with van der Waals surface area (Å²) in [5.74, 6) is 0. The summed E-state index contributed by atoms with van der Waals surface area (Å²) in [6.45, 7) is 18.3. The molecule has 1 heterocycles. The van der Waals surface area contributed by atoms with Gasteiger partial charge in [0.2, 0.25) is 5.43 Å². The molecule has 156 valence electrons. The fourth-order valence-corrected chi connectivity index (χ4v) is 10.3. The van der Waals surface area contributed by atoms with E-state index in [9.17, 15) is 4.79 Å². The van der Waals surface area contributed by atoms with Crippen molar-refractivity contribution in [3.8, 4) is 0 Å². The minimum Gasteiger partial charge on any atom is -0.416 e. The van der Waals surface area contributed by atoms with Crippen molar-refractivity contribution in [1.82, 2.24) is 9.78 Å². The van der Waals surface area contributed by atoms with Crippen molar-refractivity contribution in [2.24, 2.45) is 0 Å². The molecule has 2 rings (SSSR count). The van der Waals surface area contributed by atoms with Crippen LogP contribution in [0.2, 0.25) is 21.6 Å². The van der Waals surface area contributed by atoms with Gasteiger partial charge in [0, 0.05) is 29.5 Å². The number of fused-ring (bicyclic) bond motifs is 1. The van der Waals surface area contributed by atoms with E-state index in [0.717, 1.165) is 5.52 Å². The molecule has 0 aliphatic rings. The average molecular weight is 423 g/mol. The quantitative estimate of drug-likeness (QED) is 0.464. The van der Waals surface area contributed by atoms with Gasteiger partial charge in [0.1, 0.15) is 5.69 Å². The van der Waals surface area contributed by atoms with Gasteiger partial charge in [-0.25, -0.2) is 0 Å². The molecule has 0 aliphatic carbocycles. The normalized spacial score (nSPS) is 12.9. The zero-order valence-electron chi connectivity index (χ0n) is 18.5. The molecule has 0 spiro atoms. The molecule has 0 aliphatic heterocycles. The summed E-state index contributed by atoms with van der Waals surface area (Å²) in [6, 6.07) is 5.53. The van der Waals surface area contributed by atoms with Crippen molar-refractivity contribution in [1.29, 1.82) is 0 Å². The standard InChI is InChI=1S/C22H35ClN2O2Si/c1-14(2)25-21-13-18(23)9-10-19(21)22(26)20(24-25)11-12-27-28(15(3)4,16(5)6)17(7)8/h9-10,13-17H,11-12H2,1-8H3. The van der Waals surface area contributed by atoms with Crippen molar-refractivity contribution >= 4 is 30.8 Å². The van der Waals surface area contributed by atoms with Gasteiger partial charge in [-0.2, -0.15) is 5.10 Å². The molecule has 0 fully saturated rings. The molecular formula is C22H35ClN2O2Si. The van der Waals surface area contributed by atoms with E-state index < -0.39 is 8.32 Å². The molecule has 6 heteroatoms. The van der Waals surface area contributed by atoms with Gasteiger partial charge in [0.25, 0.3) is 0 Å². The van der Waals surface area contributed by atoms with Crippen LogP contribution in [0.5, 0.6) is 0 Å². The van der Waals surface area contributed by atoms with Gasteiger partial charge in [0.15, 0.2) is 8.32 Å². The van der Waals surface area contributed by atoms with Crippen LogP contribution in [0.15, 0.2) is 23.0 Å². The van der Waals surface area contributed by atoms with Crippen molar-refractivity contribution in [2.45, 2.75) is 84.5 Å². The van der Waals surface area contributed by atoms with Crippen LogP contribution in [0.25, 0.3) is 10.9 Å². The van der Waals surface area contributed by atoms with Crippen LogP contribution in [0, 0.1) is 0 Å². The maximum atomic E-state index is 13.0. The lowest BCUT2D eigenvalue weighted by molar-refractivity contribution is 0.279. The van der Waals surface area contributed by atoms with Gasteiger partial charge < -0.3 is 4.43 Å². The second-order valence-electron chi connectivity index (χ2n) is 8.89. The van der Waals surface area contributed by atoms with E-state index in [4.69, 9.17) is 16.0 Å². The van der Waals surface area contributed by atoms with Crippen molar-refractivity contribution in [2.75, 3.05) is 6.61 Å². The third kappa shape index (κ3) is 4.36. The lowest BCUT2D eigenvalue weighted by Gasteiger charge is -2.42. The Bertz CT molecular complexity index is 853. The second-order valence-corrected chi connectivity index (χ2v) is 14.8. The van der Waals surface area contributed by atoms with Gasteiger partial charge in [-0.15, -0.1) is 0 Å².